The first-order chi connectivity index (χ1) is 13.1. The average molecular weight is 380 g/mol. The summed E-state index contributed by atoms with van der Waals surface area (Å²) in [7, 11) is 0. The van der Waals surface area contributed by atoms with E-state index in [-0.39, 0.29) is 24.2 Å². The van der Waals surface area contributed by atoms with E-state index in [4.69, 9.17) is 0 Å². The number of nitrogens with one attached hydrogen (secondary N) is 4. The zero-order chi connectivity index (χ0) is 18.8. The molecule has 0 bridgehead atoms. The molecule has 0 aromatic carbocycles. The Morgan fingerprint density at radius 3 is 2.41 bits per heavy atom. The first-order valence-electron chi connectivity index (χ1n) is 10.6. The minimum Gasteiger partial charge on any atom is -0.481 e. The fraction of sp³-hybridized carbons (Fsp3) is 0.895. The van der Waals surface area contributed by atoms with E-state index in [9.17, 15) is 14.7 Å². The number of carboxylic acid groups (broad SMARTS) is 1. The smallest absolute Gasteiger partial charge is 0.308 e. The molecule has 0 radical (unpaired) electrons. The van der Waals surface area contributed by atoms with E-state index in [0.29, 0.717) is 18.3 Å². The highest BCUT2D eigenvalue weighted by atomic mass is 16.4. The zero-order valence-electron chi connectivity index (χ0n) is 16.0. The van der Waals surface area contributed by atoms with Gasteiger partial charge in [0.1, 0.15) is 6.04 Å². The lowest BCUT2D eigenvalue weighted by Crippen LogP contribution is -2.63. The molecule has 6 atom stereocenters. The Kier molecular flexibility index (Phi) is 5.96. The summed E-state index contributed by atoms with van der Waals surface area (Å²) in [5, 5.41) is 16.1. The molecule has 4 fully saturated rings. The monoisotopic (exact) mass is 379 g/mol. The number of carboxylic acids is 1. The fourth-order valence-electron chi connectivity index (χ4n) is 5.53. The van der Waals surface area contributed by atoms with E-state index in [2.05, 4.69) is 26.4 Å². The second kappa shape index (κ2) is 8.43. The Morgan fingerprint density at radius 1 is 1.00 bits per heavy atom. The molecular weight excluding hydrogens is 346 g/mol. The van der Waals surface area contributed by atoms with Crippen molar-refractivity contribution >= 4 is 11.9 Å². The van der Waals surface area contributed by atoms with Gasteiger partial charge in [-0.3, -0.25) is 14.5 Å². The summed E-state index contributed by atoms with van der Waals surface area (Å²) in [6, 6.07) is -0.535. The number of carbonyl (C=O) groups is 2. The first-order valence-corrected chi connectivity index (χ1v) is 10.6. The molecule has 27 heavy (non-hydrogen) atoms. The lowest BCUT2D eigenvalue weighted by atomic mass is 9.65. The van der Waals surface area contributed by atoms with Crippen LogP contribution in [-0.4, -0.2) is 59.9 Å². The normalized spacial score (nSPS) is 40.3. The average Bonchev–Trinajstić information content (AvgIpc) is 3.22. The van der Waals surface area contributed by atoms with E-state index in [0.717, 1.165) is 45.4 Å². The predicted octanol–water partition coefficient (Wildman–Crippen LogP) is 0.218. The molecule has 5 N–H and O–H groups in total. The van der Waals surface area contributed by atoms with Gasteiger partial charge in [-0.1, -0.05) is 25.7 Å². The molecule has 0 aromatic rings. The number of hydrazine groups is 1. The zero-order valence-corrected chi connectivity index (χ0v) is 16.0. The van der Waals surface area contributed by atoms with Crippen molar-refractivity contribution < 1.29 is 14.7 Å². The number of aliphatic carboxylic acids is 1. The first kappa shape index (κ1) is 19.1. The molecule has 0 spiro atoms. The summed E-state index contributed by atoms with van der Waals surface area (Å²) in [5.74, 6) is -0.179. The van der Waals surface area contributed by atoms with Crippen molar-refractivity contribution in [3.63, 3.8) is 0 Å². The second-order valence-electron chi connectivity index (χ2n) is 8.74. The van der Waals surface area contributed by atoms with Crippen LogP contribution in [0.1, 0.15) is 51.4 Å². The van der Waals surface area contributed by atoms with Crippen LogP contribution < -0.4 is 21.5 Å². The van der Waals surface area contributed by atoms with Crippen molar-refractivity contribution in [2.45, 2.75) is 69.6 Å². The van der Waals surface area contributed by atoms with E-state index in [1.54, 1.807) is 0 Å². The summed E-state index contributed by atoms with van der Waals surface area (Å²) in [5.41, 5.74) is 6.42. The second-order valence-corrected chi connectivity index (χ2v) is 8.74. The molecule has 8 heteroatoms. The van der Waals surface area contributed by atoms with Gasteiger partial charge in [0.05, 0.1) is 12.1 Å². The maximum Gasteiger partial charge on any atom is 0.308 e. The van der Waals surface area contributed by atoms with Gasteiger partial charge in [0.2, 0.25) is 5.91 Å². The van der Waals surface area contributed by atoms with Crippen LogP contribution in [0.25, 0.3) is 0 Å². The number of hydrogen-bond donors (Lipinski definition) is 5. The Labute approximate surface area is 160 Å². The van der Waals surface area contributed by atoms with Crippen molar-refractivity contribution in [2.24, 2.45) is 17.8 Å². The van der Waals surface area contributed by atoms with Crippen molar-refractivity contribution in [1.29, 1.82) is 0 Å². The standard InChI is InChI=1S/C19H33N5O3/c25-18(15-5-6-17(23-22-15)24-8-7-20-11-24)21-16-10-13-4-2-1-3-12(13)9-14(16)19(26)27/h12-17,20,22-23H,1-11H2,(H,21,25)(H,26,27). The lowest BCUT2D eigenvalue weighted by Gasteiger charge is -2.43. The minimum atomic E-state index is -0.763. The van der Waals surface area contributed by atoms with Gasteiger partial charge in [-0.2, -0.15) is 0 Å². The molecule has 6 unspecified atom stereocenters. The molecule has 2 heterocycles. The molecule has 2 aliphatic carbocycles. The fourth-order valence-corrected chi connectivity index (χ4v) is 5.53. The van der Waals surface area contributed by atoms with Gasteiger partial charge in [-0.05, 0) is 37.5 Å². The third kappa shape index (κ3) is 4.29. The van der Waals surface area contributed by atoms with Gasteiger partial charge >= 0.3 is 5.97 Å². The summed E-state index contributed by atoms with van der Waals surface area (Å²) in [4.78, 5) is 26.9. The highest BCUT2D eigenvalue weighted by Crippen LogP contribution is 2.43. The molecular formula is C19H33N5O3. The molecule has 2 saturated heterocycles. The molecule has 2 saturated carbocycles. The van der Waals surface area contributed by atoms with Gasteiger partial charge in [-0.25, -0.2) is 10.9 Å². The number of carbonyl (C=O) groups excluding carboxylic acids is 1. The van der Waals surface area contributed by atoms with Crippen LogP contribution in [0.15, 0.2) is 0 Å². The van der Waals surface area contributed by atoms with Crippen LogP contribution in [-0.2, 0) is 9.59 Å². The maximum absolute atomic E-state index is 12.8. The van der Waals surface area contributed by atoms with Crippen LogP contribution in [0.4, 0.5) is 0 Å². The predicted molar refractivity (Wildman–Crippen MR) is 100 cm³/mol. The number of fused-ring (bicyclic) bond motifs is 1. The maximum atomic E-state index is 12.8. The Hall–Kier alpha value is -1.22. The summed E-state index contributed by atoms with van der Waals surface area (Å²) in [6.07, 6.45) is 8.22. The van der Waals surface area contributed by atoms with Crippen molar-refractivity contribution in [2.75, 3.05) is 19.8 Å². The number of nitrogens with zero attached hydrogens (tertiary/aromatic N) is 1. The topological polar surface area (TPSA) is 106 Å². The van der Waals surface area contributed by atoms with E-state index >= 15 is 0 Å². The molecule has 1 amide bonds. The Bertz CT molecular complexity index is 545. The van der Waals surface area contributed by atoms with Crippen molar-refractivity contribution in [3.8, 4) is 0 Å². The van der Waals surface area contributed by atoms with Crippen LogP contribution >= 0.6 is 0 Å². The van der Waals surface area contributed by atoms with Gasteiger partial charge in [0.25, 0.3) is 0 Å². The van der Waals surface area contributed by atoms with E-state index in [1.807, 2.05) is 0 Å². The van der Waals surface area contributed by atoms with Crippen LogP contribution in [0.5, 0.6) is 0 Å². The molecule has 0 aromatic heterocycles. The number of rotatable bonds is 4. The van der Waals surface area contributed by atoms with E-state index < -0.39 is 11.9 Å². The highest BCUT2D eigenvalue weighted by molar-refractivity contribution is 5.83. The van der Waals surface area contributed by atoms with Gasteiger partial charge < -0.3 is 15.7 Å². The third-order valence-electron chi connectivity index (χ3n) is 7.11. The molecule has 4 aliphatic rings. The number of amides is 1. The Balaban J connectivity index is 1.31. The lowest BCUT2D eigenvalue weighted by molar-refractivity contribution is -0.146. The summed E-state index contributed by atoms with van der Waals surface area (Å²) < 4.78 is 0. The van der Waals surface area contributed by atoms with Crippen LogP contribution in [0.3, 0.4) is 0 Å². The quantitative estimate of drug-likeness (QED) is 0.476. The SMILES string of the molecule is O=C(NC1CC2CCCCC2CC1C(=O)O)C1CCC(N2CCNC2)NN1. The van der Waals surface area contributed by atoms with Crippen LogP contribution in [0, 0.1) is 17.8 Å². The Morgan fingerprint density at radius 2 is 1.78 bits per heavy atom. The minimum absolute atomic E-state index is 0.0639. The summed E-state index contributed by atoms with van der Waals surface area (Å²) in [6.45, 7) is 2.89. The van der Waals surface area contributed by atoms with Crippen molar-refractivity contribution in [1.82, 2.24) is 26.4 Å². The van der Waals surface area contributed by atoms with Gasteiger partial charge in [-0.15, -0.1) is 0 Å². The highest BCUT2D eigenvalue weighted by Gasteiger charge is 2.42. The van der Waals surface area contributed by atoms with Crippen molar-refractivity contribution in [3.05, 3.63) is 0 Å². The van der Waals surface area contributed by atoms with Gasteiger partial charge in [0.15, 0.2) is 0 Å². The summed E-state index contributed by atoms with van der Waals surface area (Å²) >= 11 is 0. The third-order valence-corrected chi connectivity index (χ3v) is 7.11. The largest absolute Gasteiger partial charge is 0.481 e. The molecule has 2 aliphatic heterocycles. The molecule has 8 nitrogen and oxygen atoms in total. The molecule has 152 valence electrons. The van der Waals surface area contributed by atoms with Gasteiger partial charge in [0, 0.05) is 25.8 Å². The van der Waals surface area contributed by atoms with E-state index in [1.165, 1.54) is 19.3 Å². The van der Waals surface area contributed by atoms with Crippen LogP contribution in [0.2, 0.25) is 0 Å². The number of hydrogen-bond acceptors (Lipinski definition) is 6. The molecule has 4 rings (SSSR count).